The van der Waals surface area contributed by atoms with Gasteiger partial charge in [-0.05, 0) is 59.3 Å². The molecule has 1 saturated carbocycles. The van der Waals surface area contributed by atoms with Gasteiger partial charge in [0.25, 0.3) is 0 Å². The highest BCUT2D eigenvalue weighted by molar-refractivity contribution is 9.10. The minimum atomic E-state index is -0.412. The van der Waals surface area contributed by atoms with Crippen LogP contribution in [0.25, 0.3) is 0 Å². The van der Waals surface area contributed by atoms with Gasteiger partial charge in [0.15, 0.2) is 0 Å². The zero-order valence-electron chi connectivity index (χ0n) is 12.1. The monoisotopic (exact) mass is 325 g/mol. The first-order chi connectivity index (χ1) is 8.99. The van der Waals surface area contributed by atoms with Crippen molar-refractivity contribution in [3.63, 3.8) is 0 Å². The van der Waals surface area contributed by atoms with Gasteiger partial charge in [-0.1, -0.05) is 25.8 Å². The minimum Gasteiger partial charge on any atom is -0.389 e. The van der Waals surface area contributed by atoms with Crippen LogP contribution in [0.15, 0.2) is 22.7 Å². The van der Waals surface area contributed by atoms with E-state index in [1.807, 2.05) is 12.1 Å². The fourth-order valence-electron chi connectivity index (χ4n) is 3.02. The molecule has 0 aliphatic heterocycles. The highest BCUT2D eigenvalue weighted by atomic mass is 79.9. The lowest BCUT2D eigenvalue weighted by atomic mass is 9.86. The van der Waals surface area contributed by atoms with Crippen LogP contribution >= 0.6 is 15.9 Å². The van der Waals surface area contributed by atoms with Crippen LogP contribution in [0.2, 0.25) is 0 Å². The highest BCUT2D eigenvalue weighted by Gasteiger charge is 2.23. The molecule has 1 aromatic carbocycles. The van der Waals surface area contributed by atoms with Gasteiger partial charge < -0.3 is 10.0 Å². The van der Waals surface area contributed by atoms with Gasteiger partial charge in [0.2, 0.25) is 0 Å². The van der Waals surface area contributed by atoms with Crippen molar-refractivity contribution in [3.8, 4) is 0 Å². The molecule has 0 spiro atoms. The van der Waals surface area contributed by atoms with Gasteiger partial charge in [-0.15, -0.1) is 0 Å². The van der Waals surface area contributed by atoms with Crippen molar-refractivity contribution < 1.29 is 5.11 Å². The average Bonchev–Trinajstić information content (AvgIpc) is 2.37. The largest absolute Gasteiger partial charge is 0.389 e. The summed E-state index contributed by atoms with van der Waals surface area (Å²) in [5, 5.41) is 9.63. The Hall–Kier alpha value is -0.540. The zero-order valence-corrected chi connectivity index (χ0v) is 13.7. The maximum Gasteiger partial charge on any atom is 0.0762 e. The van der Waals surface area contributed by atoms with Crippen molar-refractivity contribution in [1.82, 2.24) is 0 Å². The van der Waals surface area contributed by atoms with Crippen LogP contribution in [-0.2, 0) is 0 Å². The number of halogens is 1. The van der Waals surface area contributed by atoms with Crippen LogP contribution in [0, 0.1) is 5.92 Å². The molecule has 0 heterocycles. The molecule has 1 aliphatic rings. The molecule has 3 heteroatoms. The van der Waals surface area contributed by atoms with Gasteiger partial charge in [0, 0.05) is 17.6 Å². The molecule has 0 aromatic heterocycles. The van der Waals surface area contributed by atoms with E-state index in [0.717, 1.165) is 16.0 Å². The molecule has 0 saturated heterocycles. The van der Waals surface area contributed by atoms with E-state index in [0.29, 0.717) is 6.04 Å². The first kappa shape index (κ1) is 14.9. The Balaban J connectivity index is 2.16. The van der Waals surface area contributed by atoms with Crippen molar-refractivity contribution in [3.05, 3.63) is 28.2 Å². The molecule has 2 unspecified atom stereocenters. The second kappa shape index (κ2) is 6.27. The summed E-state index contributed by atoms with van der Waals surface area (Å²) in [7, 11) is 2.19. The molecular formula is C16H24BrNO. The Morgan fingerprint density at radius 1 is 1.37 bits per heavy atom. The third kappa shape index (κ3) is 3.51. The highest BCUT2D eigenvalue weighted by Crippen LogP contribution is 2.34. The molecule has 2 nitrogen and oxygen atoms in total. The lowest BCUT2D eigenvalue weighted by Crippen LogP contribution is -2.35. The Labute approximate surface area is 124 Å². The van der Waals surface area contributed by atoms with Gasteiger partial charge in [-0.25, -0.2) is 0 Å². The molecule has 2 rings (SSSR count). The quantitative estimate of drug-likeness (QED) is 0.883. The van der Waals surface area contributed by atoms with E-state index in [9.17, 15) is 5.11 Å². The maximum absolute atomic E-state index is 9.63. The summed E-state index contributed by atoms with van der Waals surface area (Å²) in [5.74, 6) is 0.830. The van der Waals surface area contributed by atoms with Crippen molar-refractivity contribution >= 4 is 21.6 Å². The summed E-state index contributed by atoms with van der Waals surface area (Å²) in [6, 6.07) is 6.80. The number of hydrogen-bond donors (Lipinski definition) is 1. The molecule has 19 heavy (non-hydrogen) atoms. The lowest BCUT2D eigenvalue weighted by molar-refractivity contribution is 0.199. The van der Waals surface area contributed by atoms with Gasteiger partial charge in [-0.3, -0.25) is 0 Å². The van der Waals surface area contributed by atoms with Crippen LogP contribution in [0.5, 0.6) is 0 Å². The summed E-state index contributed by atoms with van der Waals surface area (Å²) >= 11 is 3.65. The van der Waals surface area contributed by atoms with E-state index < -0.39 is 6.10 Å². The minimum absolute atomic E-state index is 0.412. The lowest BCUT2D eigenvalue weighted by Gasteiger charge is -2.36. The fraction of sp³-hybridized carbons (Fsp3) is 0.625. The van der Waals surface area contributed by atoms with Crippen molar-refractivity contribution in [1.29, 1.82) is 0 Å². The van der Waals surface area contributed by atoms with E-state index >= 15 is 0 Å². The standard InChI is InChI=1S/C16H24BrNO/c1-11-5-4-6-14(9-11)18(3)16-8-7-13(12(2)19)10-15(16)17/h7-8,10-12,14,19H,4-6,9H2,1-3H3/t11?,12-,14?/m0/s1. The van der Waals surface area contributed by atoms with Crippen molar-refractivity contribution in [2.75, 3.05) is 11.9 Å². The molecule has 0 bridgehead atoms. The van der Waals surface area contributed by atoms with E-state index in [4.69, 9.17) is 0 Å². The Kier molecular flexibility index (Phi) is 4.91. The average molecular weight is 326 g/mol. The molecule has 3 atom stereocenters. The van der Waals surface area contributed by atoms with Crippen molar-refractivity contribution in [2.45, 2.75) is 51.7 Å². The summed E-state index contributed by atoms with van der Waals surface area (Å²) in [4.78, 5) is 2.39. The molecule has 1 aromatic rings. The molecule has 106 valence electrons. The maximum atomic E-state index is 9.63. The van der Waals surface area contributed by atoms with Crippen LogP contribution in [-0.4, -0.2) is 18.2 Å². The van der Waals surface area contributed by atoms with Gasteiger partial charge >= 0.3 is 0 Å². The smallest absolute Gasteiger partial charge is 0.0762 e. The third-order valence-electron chi connectivity index (χ3n) is 4.29. The molecule has 1 N–H and O–H groups in total. The van der Waals surface area contributed by atoms with E-state index in [1.165, 1.54) is 31.4 Å². The summed E-state index contributed by atoms with van der Waals surface area (Å²) < 4.78 is 1.08. The van der Waals surface area contributed by atoms with Crippen LogP contribution in [0.1, 0.15) is 51.2 Å². The second-order valence-electron chi connectivity index (χ2n) is 5.92. The number of aliphatic hydroxyl groups is 1. The van der Waals surface area contributed by atoms with Gasteiger partial charge in [0.1, 0.15) is 0 Å². The molecular weight excluding hydrogens is 302 g/mol. The van der Waals surface area contributed by atoms with Crippen LogP contribution in [0.3, 0.4) is 0 Å². The Morgan fingerprint density at radius 2 is 2.11 bits per heavy atom. The molecule has 0 radical (unpaired) electrons. The SMILES string of the molecule is CC1CCCC(N(C)c2ccc([C@H](C)O)cc2Br)C1. The topological polar surface area (TPSA) is 23.5 Å². The van der Waals surface area contributed by atoms with Gasteiger partial charge in [0.05, 0.1) is 11.8 Å². The molecule has 0 amide bonds. The third-order valence-corrected chi connectivity index (χ3v) is 4.93. The van der Waals surface area contributed by atoms with Crippen LogP contribution < -0.4 is 4.90 Å². The Bertz CT molecular complexity index is 433. The predicted octanol–water partition coefficient (Wildman–Crippen LogP) is 4.52. The van der Waals surface area contributed by atoms with Gasteiger partial charge in [-0.2, -0.15) is 0 Å². The number of nitrogens with zero attached hydrogens (tertiary/aromatic N) is 1. The first-order valence-electron chi connectivity index (χ1n) is 7.19. The zero-order chi connectivity index (χ0) is 14.0. The molecule has 1 aliphatic carbocycles. The van der Waals surface area contributed by atoms with E-state index in [1.54, 1.807) is 6.92 Å². The van der Waals surface area contributed by atoms with Crippen molar-refractivity contribution in [2.24, 2.45) is 5.92 Å². The fourth-order valence-corrected chi connectivity index (χ4v) is 3.70. The number of aliphatic hydroxyl groups excluding tert-OH is 1. The summed E-state index contributed by atoms with van der Waals surface area (Å²) in [6.45, 7) is 4.15. The molecule has 1 fully saturated rings. The normalized spacial score (nSPS) is 25.1. The number of benzene rings is 1. The number of anilines is 1. The Morgan fingerprint density at radius 3 is 2.68 bits per heavy atom. The van der Waals surface area contributed by atoms with Crippen LogP contribution in [0.4, 0.5) is 5.69 Å². The summed E-state index contributed by atoms with van der Waals surface area (Å²) in [6.07, 6.45) is 4.85. The second-order valence-corrected chi connectivity index (χ2v) is 6.78. The predicted molar refractivity (Wildman–Crippen MR) is 84.6 cm³/mol. The summed E-state index contributed by atoms with van der Waals surface area (Å²) in [5.41, 5.74) is 2.18. The van der Waals surface area contributed by atoms with E-state index in [-0.39, 0.29) is 0 Å². The first-order valence-corrected chi connectivity index (χ1v) is 7.98. The number of hydrogen-bond acceptors (Lipinski definition) is 2. The van der Waals surface area contributed by atoms with E-state index in [2.05, 4.69) is 40.9 Å². The number of rotatable bonds is 3.